The molecular formula is C18H16N2O3S. The van der Waals surface area contributed by atoms with E-state index in [0.29, 0.717) is 16.6 Å². The first-order chi connectivity index (χ1) is 11.5. The van der Waals surface area contributed by atoms with Gasteiger partial charge in [0.2, 0.25) is 0 Å². The predicted molar refractivity (Wildman–Crippen MR) is 97.0 cm³/mol. The number of aromatic nitrogens is 1. The third-order valence-corrected chi connectivity index (χ3v) is 4.56. The molecule has 1 heterocycles. The van der Waals surface area contributed by atoms with Crippen molar-refractivity contribution in [2.75, 3.05) is 11.6 Å². The number of rotatable bonds is 3. The van der Waals surface area contributed by atoms with Crippen LogP contribution in [0.4, 0.5) is 5.69 Å². The zero-order chi connectivity index (χ0) is 17.3. The van der Waals surface area contributed by atoms with E-state index in [-0.39, 0.29) is 11.3 Å². The van der Waals surface area contributed by atoms with E-state index in [2.05, 4.69) is 5.32 Å². The van der Waals surface area contributed by atoms with Crippen molar-refractivity contribution in [3.63, 3.8) is 0 Å². The Morgan fingerprint density at radius 3 is 2.67 bits per heavy atom. The van der Waals surface area contributed by atoms with Gasteiger partial charge in [-0.15, -0.1) is 11.8 Å². The lowest BCUT2D eigenvalue weighted by atomic mass is 10.1. The lowest BCUT2D eigenvalue weighted by Gasteiger charge is -2.12. The predicted octanol–water partition coefficient (Wildman–Crippen LogP) is 3.22. The van der Waals surface area contributed by atoms with Crippen LogP contribution in [0.1, 0.15) is 10.4 Å². The quantitative estimate of drug-likeness (QED) is 0.718. The molecule has 0 aliphatic heterocycles. The van der Waals surface area contributed by atoms with Gasteiger partial charge in [-0.1, -0.05) is 18.2 Å². The SMILES string of the molecule is CSc1cccc(NC(=O)c2c(O)c3ccccc3n(C)c2=O)c1. The topological polar surface area (TPSA) is 71.3 Å². The first-order valence-electron chi connectivity index (χ1n) is 7.29. The zero-order valence-corrected chi connectivity index (χ0v) is 14.1. The fraction of sp³-hybridized carbons (Fsp3) is 0.111. The maximum Gasteiger partial charge on any atom is 0.267 e. The van der Waals surface area contributed by atoms with Gasteiger partial charge < -0.3 is 15.0 Å². The number of amides is 1. The van der Waals surface area contributed by atoms with Crippen molar-refractivity contribution in [2.24, 2.45) is 7.05 Å². The second kappa shape index (κ2) is 6.41. The molecule has 0 spiro atoms. The van der Waals surface area contributed by atoms with Crippen LogP contribution in [-0.2, 0) is 7.05 Å². The van der Waals surface area contributed by atoms with E-state index >= 15 is 0 Å². The number of aryl methyl sites for hydroxylation is 1. The molecule has 0 unspecified atom stereocenters. The smallest absolute Gasteiger partial charge is 0.267 e. The number of carbonyl (C=O) groups excluding carboxylic acids is 1. The number of anilines is 1. The number of thioether (sulfide) groups is 1. The van der Waals surface area contributed by atoms with Gasteiger partial charge in [-0.3, -0.25) is 9.59 Å². The lowest BCUT2D eigenvalue weighted by Crippen LogP contribution is -2.28. The Kier molecular flexibility index (Phi) is 4.31. The molecule has 0 fully saturated rings. The number of aromatic hydroxyl groups is 1. The van der Waals surface area contributed by atoms with E-state index in [9.17, 15) is 14.7 Å². The van der Waals surface area contributed by atoms with Crippen LogP contribution >= 0.6 is 11.8 Å². The Hall–Kier alpha value is -2.73. The van der Waals surface area contributed by atoms with Crippen molar-refractivity contribution in [1.29, 1.82) is 0 Å². The lowest BCUT2D eigenvalue weighted by molar-refractivity contribution is 0.102. The van der Waals surface area contributed by atoms with Crippen LogP contribution in [-0.4, -0.2) is 21.8 Å². The molecule has 3 rings (SSSR count). The second-order valence-electron chi connectivity index (χ2n) is 5.29. The molecule has 2 aromatic carbocycles. The maximum absolute atomic E-state index is 12.6. The standard InChI is InChI=1S/C18H16N2O3S/c1-20-14-9-4-3-8-13(14)16(21)15(18(20)23)17(22)19-11-6-5-7-12(10-11)24-2/h3-10,21H,1-2H3,(H,19,22). The summed E-state index contributed by atoms with van der Waals surface area (Å²) in [5.74, 6) is -0.927. The van der Waals surface area contributed by atoms with Crippen LogP contribution in [0.2, 0.25) is 0 Å². The second-order valence-corrected chi connectivity index (χ2v) is 6.17. The van der Waals surface area contributed by atoms with Gasteiger partial charge in [0.25, 0.3) is 11.5 Å². The third-order valence-electron chi connectivity index (χ3n) is 3.83. The van der Waals surface area contributed by atoms with Crippen molar-refractivity contribution in [3.05, 3.63) is 64.4 Å². The molecule has 0 radical (unpaired) electrons. The van der Waals surface area contributed by atoms with Crippen LogP contribution < -0.4 is 10.9 Å². The normalized spacial score (nSPS) is 10.8. The van der Waals surface area contributed by atoms with Gasteiger partial charge in [0, 0.05) is 23.0 Å². The van der Waals surface area contributed by atoms with E-state index in [1.54, 1.807) is 49.1 Å². The minimum atomic E-state index is -0.628. The van der Waals surface area contributed by atoms with Crippen LogP contribution in [0.5, 0.6) is 5.75 Å². The summed E-state index contributed by atoms with van der Waals surface area (Å²) in [6.07, 6.45) is 1.94. The number of hydrogen-bond acceptors (Lipinski definition) is 4. The number of para-hydroxylation sites is 1. The van der Waals surface area contributed by atoms with Crippen LogP contribution in [0.15, 0.2) is 58.2 Å². The van der Waals surface area contributed by atoms with E-state index in [1.807, 2.05) is 24.5 Å². The number of fused-ring (bicyclic) bond motifs is 1. The van der Waals surface area contributed by atoms with Crippen LogP contribution in [0.3, 0.4) is 0 Å². The third kappa shape index (κ3) is 2.76. The molecular weight excluding hydrogens is 324 g/mol. The molecule has 0 saturated carbocycles. The van der Waals surface area contributed by atoms with E-state index in [0.717, 1.165) is 4.90 Å². The molecule has 0 atom stereocenters. The Morgan fingerprint density at radius 1 is 1.17 bits per heavy atom. The van der Waals surface area contributed by atoms with Crippen molar-refractivity contribution in [3.8, 4) is 5.75 Å². The van der Waals surface area contributed by atoms with Gasteiger partial charge in [0.15, 0.2) is 0 Å². The molecule has 0 aliphatic carbocycles. The Balaban J connectivity index is 2.08. The van der Waals surface area contributed by atoms with Crippen molar-refractivity contribution >= 4 is 34.3 Å². The highest BCUT2D eigenvalue weighted by Crippen LogP contribution is 2.26. The van der Waals surface area contributed by atoms with Crippen LogP contribution in [0.25, 0.3) is 10.9 Å². The molecule has 24 heavy (non-hydrogen) atoms. The summed E-state index contributed by atoms with van der Waals surface area (Å²) >= 11 is 1.55. The minimum Gasteiger partial charge on any atom is -0.506 e. The van der Waals surface area contributed by atoms with E-state index < -0.39 is 11.5 Å². The average molecular weight is 340 g/mol. The fourth-order valence-electron chi connectivity index (χ4n) is 2.58. The molecule has 0 aliphatic rings. The molecule has 5 nitrogen and oxygen atoms in total. The number of nitrogens with one attached hydrogen (secondary N) is 1. The minimum absolute atomic E-state index is 0.259. The highest BCUT2D eigenvalue weighted by molar-refractivity contribution is 7.98. The molecule has 0 saturated heterocycles. The highest BCUT2D eigenvalue weighted by Gasteiger charge is 2.21. The van der Waals surface area contributed by atoms with Gasteiger partial charge in [-0.25, -0.2) is 0 Å². The van der Waals surface area contributed by atoms with Gasteiger partial charge in [-0.2, -0.15) is 0 Å². The van der Waals surface area contributed by atoms with E-state index in [4.69, 9.17) is 0 Å². The summed E-state index contributed by atoms with van der Waals surface area (Å²) in [4.78, 5) is 26.0. The van der Waals surface area contributed by atoms with Gasteiger partial charge in [-0.05, 0) is 36.6 Å². The zero-order valence-electron chi connectivity index (χ0n) is 13.2. The summed E-state index contributed by atoms with van der Waals surface area (Å²) in [5.41, 5.74) is 0.345. The summed E-state index contributed by atoms with van der Waals surface area (Å²) in [5, 5.41) is 13.6. The summed E-state index contributed by atoms with van der Waals surface area (Å²) in [6, 6.07) is 14.2. The van der Waals surface area contributed by atoms with Gasteiger partial charge in [0.1, 0.15) is 11.3 Å². The number of nitrogens with zero attached hydrogens (tertiary/aromatic N) is 1. The maximum atomic E-state index is 12.6. The monoisotopic (exact) mass is 340 g/mol. The fourth-order valence-corrected chi connectivity index (χ4v) is 3.04. The molecule has 3 aromatic rings. The first-order valence-corrected chi connectivity index (χ1v) is 8.51. The molecule has 6 heteroatoms. The molecule has 0 bridgehead atoms. The van der Waals surface area contributed by atoms with Crippen molar-refractivity contribution in [1.82, 2.24) is 4.57 Å². The number of hydrogen-bond donors (Lipinski definition) is 2. The number of carbonyl (C=O) groups is 1. The van der Waals surface area contributed by atoms with Crippen molar-refractivity contribution < 1.29 is 9.90 Å². The first kappa shape index (κ1) is 16.1. The van der Waals surface area contributed by atoms with Gasteiger partial charge in [0.05, 0.1) is 5.52 Å². The summed E-state index contributed by atoms with van der Waals surface area (Å²) in [7, 11) is 1.58. The Bertz CT molecular complexity index is 995. The number of pyridine rings is 1. The molecule has 122 valence electrons. The summed E-state index contributed by atoms with van der Waals surface area (Å²) < 4.78 is 1.36. The highest BCUT2D eigenvalue weighted by atomic mass is 32.2. The average Bonchev–Trinajstić information content (AvgIpc) is 2.60. The molecule has 1 amide bonds. The molecule has 2 N–H and O–H groups in total. The van der Waals surface area contributed by atoms with E-state index in [1.165, 1.54) is 4.57 Å². The Morgan fingerprint density at radius 2 is 1.92 bits per heavy atom. The number of benzene rings is 2. The summed E-state index contributed by atoms with van der Waals surface area (Å²) in [6.45, 7) is 0. The Labute approximate surface area is 142 Å². The van der Waals surface area contributed by atoms with Crippen LogP contribution in [0, 0.1) is 0 Å². The largest absolute Gasteiger partial charge is 0.506 e. The van der Waals surface area contributed by atoms with Crippen molar-refractivity contribution in [2.45, 2.75) is 4.90 Å². The molecule has 1 aromatic heterocycles. The van der Waals surface area contributed by atoms with Gasteiger partial charge >= 0.3 is 0 Å².